The van der Waals surface area contributed by atoms with Gasteiger partial charge >= 0.3 is 0 Å². The number of rotatable bonds is 2. The van der Waals surface area contributed by atoms with E-state index in [-0.39, 0.29) is 5.12 Å². The molecule has 2 nitrogen and oxygen atoms in total. The molecule has 0 aromatic rings. The summed E-state index contributed by atoms with van der Waals surface area (Å²) in [6.45, 7) is 1.93. The standard InChI is InChI=1S/C8H12O2S/c1-2-11-8(10)6-4-3-5-7(6)9/h4,7,9H,2-3,5H2,1H3. The molecule has 0 aliphatic heterocycles. The first-order chi connectivity index (χ1) is 5.25. The number of aliphatic hydroxyl groups is 1. The molecule has 0 amide bonds. The monoisotopic (exact) mass is 172 g/mol. The van der Waals surface area contributed by atoms with E-state index < -0.39 is 6.10 Å². The Morgan fingerprint density at radius 1 is 1.91 bits per heavy atom. The normalized spacial score (nSPS) is 23.5. The molecule has 3 heteroatoms. The Bertz CT molecular complexity index is 187. The molecule has 62 valence electrons. The van der Waals surface area contributed by atoms with Gasteiger partial charge in [-0.3, -0.25) is 4.79 Å². The van der Waals surface area contributed by atoms with Gasteiger partial charge in [-0.15, -0.1) is 0 Å². The molecule has 0 spiro atoms. The van der Waals surface area contributed by atoms with Crippen LogP contribution in [0.4, 0.5) is 0 Å². The van der Waals surface area contributed by atoms with Gasteiger partial charge in [-0.25, -0.2) is 0 Å². The summed E-state index contributed by atoms with van der Waals surface area (Å²) >= 11 is 1.27. The van der Waals surface area contributed by atoms with Gasteiger partial charge in [0.2, 0.25) is 5.12 Å². The molecule has 0 fully saturated rings. The van der Waals surface area contributed by atoms with E-state index >= 15 is 0 Å². The molecule has 0 bridgehead atoms. The Labute approximate surface area is 70.7 Å². The van der Waals surface area contributed by atoms with Gasteiger partial charge < -0.3 is 5.11 Å². The van der Waals surface area contributed by atoms with E-state index in [1.54, 1.807) is 0 Å². The van der Waals surface area contributed by atoms with Gasteiger partial charge in [-0.2, -0.15) is 0 Å². The van der Waals surface area contributed by atoms with Crippen LogP contribution in [0, 0.1) is 0 Å². The van der Waals surface area contributed by atoms with Crippen molar-refractivity contribution in [1.29, 1.82) is 0 Å². The summed E-state index contributed by atoms with van der Waals surface area (Å²) in [4.78, 5) is 11.2. The maximum atomic E-state index is 11.2. The number of carbonyl (C=O) groups excluding carboxylic acids is 1. The molecule has 1 N–H and O–H groups in total. The van der Waals surface area contributed by atoms with Crippen molar-refractivity contribution in [2.75, 3.05) is 5.75 Å². The molecule has 11 heavy (non-hydrogen) atoms. The summed E-state index contributed by atoms with van der Waals surface area (Å²) in [5.41, 5.74) is 0.608. The van der Waals surface area contributed by atoms with Gasteiger partial charge in [0.15, 0.2) is 0 Å². The van der Waals surface area contributed by atoms with Crippen LogP contribution in [0.3, 0.4) is 0 Å². The van der Waals surface area contributed by atoms with Crippen LogP contribution in [0.2, 0.25) is 0 Å². The average molecular weight is 172 g/mol. The first-order valence-electron chi connectivity index (χ1n) is 3.81. The third-order valence-corrected chi connectivity index (χ3v) is 2.46. The van der Waals surface area contributed by atoms with E-state index in [1.165, 1.54) is 11.8 Å². The maximum absolute atomic E-state index is 11.2. The van der Waals surface area contributed by atoms with Crippen molar-refractivity contribution in [3.8, 4) is 0 Å². The lowest BCUT2D eigenvalue weighted by molar-refractivity contribution is -0.108. The van der Waals surface area contributed by atoms with Crippen molar-refractivity contribution in [1.82, 2.24) is 0 Å². The first kappa shape index (κ1) is 8.81. The Morgan fingerprint density at radius 2 is 2.64 bits per heavy atom. The van der Waals surface area contributed by atoms with E-state index in [9.17, 15) is 9.90 Å². The van der Waals surface area contributed by atoms with Crippen LogP contribution in [0.25, 0.3) is 0 Å². The van der Waals surface area contributed by atoms with E-state index in [2.05, 4.69) is 0 Å². The molecule has 0 heterocycles. The molecule has 1 rings (SSSR count). The van der Waals surface area contributed by atoms with Crippen LogP contribution in [-0.4, -0.2) is 22.1 Å². The smallest absolute Gasteiger partial charge is 0.217 e. The van der Waals surface area contributed by atoms with Gasteiger partial charge in [0, 0.05) is 5.57 Å². The summed E-state index contributed by atoms with van der Waals surface area (Å²) in [6.07, 6.45) is 2.90. The number of carbonyl (C=O) groups is 1. The van der Waals surface area contributed by atoms with Crippen molar-refractivity contribution < 1.29 is 9.90 Å². The molecule has 1 aliphatic carbocycles. The third-order valence-electron chi connectivity index (χ3n) is 1.67. The fourth-order valence-corrected chi connectivity index (χ4v) is 1.77. The Kier molecular flexibility index (Phi) is 3.15. The minimum atomic E-state index is -0.499. The summed E-state index contributed by atoms with van der Waals surface area (Å²) in [6, 6.07) is 0. The van der Waals surface area contributed by atoms with Crippen molar-refractivity contribution in [2.24, 2.45) is 0 Å². The van der Waals surface area contributed by atoms with Gasteiger partial charge in [0.25, 0.3) is 0 Å². The number of hydrogen-bond acceptors (Lipinski definition) is 3. The third kappa shape index (κ3) is 2.07. The zero-order chi connectivity index (χ0) is 8.27. The highest BCUT2D eigenvalue weighted by Gasteiger charge is 2.21. The molecule has 1 unspecified atom stereocenters. The zero-order valence-corrected chi connectivity index (χ0v) is 7.36. The predicted molar refractivity (Wildman–Crippen MR) is 46.5 cm³/mol. The lowest BCUT2D eigenvalue weighted by Crippen LogP contribution is -2.11. The highest BCUT2D eigenvalue weighted by atomic mass is 32.2. The second-order valence-corrected chi connectivity index (χ2v) is 3.71. The van der Waals surface area contributed by atoms with Crippen LogP contribution in [0.5, 0.6) is 0 Å². The number of aliphatic hydroxyl groups excluding tert-OH is 1. The molecule has 0 aromatic carbocycles. The lowest BCUT2D eigenvalue weighted by atomic mass is 10.2. The van der Waals surface area contributed by atoms with Crippen molar-refractivity contribution in [3.05, 3.63) is 11.6 Å². The summed E-state index contributed by atoms with van der Waals surface area (Å²) < 4.78 is 0. The molecule has 0 radical (unpaired) electrons. The van der Waals surface area contributed by atoms with Crippen LogP contribution in [0.15, 0.2) is 11.6 Å². The molecule has 0 saturated heterocycles. The summed E-state index contributed by atoms with van der Waals surface area (Å²) in [5, 5.41) is 9.32. The van der Waals surface area contributed by atoms with Gasteiger partial charge in [0.1, 0.15) is 0 Å². The second kappa shape index (κ2) is 3.93. The van der Waals surface area contributed by atoms with Gasteiger partial charge in [0.05, 0.1) is 6.10 Å². The van der Waals surface area contributed by atoms with Gasteiger partial charge in [-0.05, 0) is 18.6 Å². The quantitative estimate of drug-likeness (QED) is 0.683. The first-order valence-corrected chi connectivity index (χ1v) is 4.79. The van der Waals surface area contributed by atoms with E-state index in [4.69, 9.17) is 0 Å². The van der Waals surface area contributed by atoms with Crippen LogP contribution < -0.4 is 0 Å². The fraction of sp³-hybridized carbons (Fsp3) is 0.625. The Hall–Kier alpha value is -0.280. The van der Waals surface area contributed by atoms with Crippen LogP contribution in [-0.2, 0) is 4.79 Å². The molecule has 0 saturated carbocycles. The maximum Gasteiger partial charge on any atom is 0.217 e. The zero-order valence-electron chi connectivity index (χ0n) is 6.54. The van der Waals surface area contributed by atoms with E-state index in [1.807, 2.05) is 13.0 Å². The van der Waals surface area contributed by atoms with Crippen LogP contribution in [0.1, 0.15) is 19.8 Å². The largest absolute Gasteiger partial charge is 0.388 e. The fourth-order valence-electron chi connectivity index (χ4n) is 1.12. The number of hydrogen-bond donors (Lipinski definition) is 1. The average Bonchev–Trinajstić information content (AvgIpc) is 2.36. The Morgan fingerprint density at radius 3 is 3.09 bits per heavy atom. The highest BCUT2D eigenvalue weighted by Crippen LogP contribution is 2.23. The van der Waals surface area contributed by atoms with Crippen molar-refractivity contribution in [3.63, 3.8) is 0 Å². The molecule has 1 atom stereocenters. The molecular weight excluding hydrogens is 160 g/mol. The minimum Gasteiger partial charge on any atom is -0.388 e. The summed E-state index contributed by atoms with van der Waals surface area (Å²) in [5.74, 6) is 0.781. The molecule has 0 aromatic heterocycles. The second-order valence-electron chi connectivity index (χ2n) is 2.47. The Balaban J connectivity index is 2.52. The van der Waals surface area contributed by atoms with Gasteiger partial charge in [-0.1, -0.05) is 24.8 Å². The highest BCUT2D eigenvalue weighted by molar-refractivity contribution is 8.14. The topological polar surface area (TPSA) is 37.3 Å². The molecule has 1 aliphatic rings. The lowest BCUT2D eigenvalue weighted by Gasteiger charge is -2.04. The number of thioether (sulfide) groups is 1. The molecular formula is C8H12O2S. The van der Waals surface area contributed by atoms with E-state index in [0.29, 0.717) is 12.0 Å². The van der Waals surface area contributed by atoms with Crippen LogP contribution >= 0.6 is 11.8 Å². The number of allylic oxidation sites excluding steroid dienone is 1. The van der Waals surface area contributed by atoms with Crippen molar-refractivity contribution in [2.45, 2.75) is 25.9 Å². The summed E-state index contributed by atoms with van der Waals surface area (Å²) in [7, 11) is 0. The SMILES string of the molecule is CCSC(=O)C1=CCCC1O. The predicted octanol–water partition coefficient (Wildman–Crippen LogP) is 1.35. The minimum absolute atomic E-state index is 0.0394. The van der Waals surface area contributed by atoms with Crippen molar-refractivity contribution >= 4 is 16.9 Å². The van der Waals surface area contributed by atoms with E-state index in [0.717, 1.165) is 12.2 Å².